The highest BCUT2D eigenvalue weighted by Crippen LogP contribution is 2.15. The third kappa shape index (κ3) is 2.07. The van der Waals surface area contributed by atoms with E-state index in [1.807, 2.05) is 0 Å². The van der Waals surface area contributed by atoms with E-state index in [1.54, 1.807) is 6.07 Å². The summed E-state index contributed by atoms with van der Waals surface area (Å²) in [6.45, 7) is 0. The van der Waals surface area contributed by atoms with E-state index in [-0.39, 0.29) is 11.0 Å². The molecule has 3 nitrogen and oxygen atoms in total. The van der Waals surface area contributed by atoms with Gasteiger partial charge in [-0.2, -0.15) is 5.26 Å². The third-order valence-corrected chi connectivity index (χ3v) is 2.14. The fourth-order valence-electron chi connectivity index (χ4n) is 0.846. The van der Waals surface area contributed by atoms with Crippen molar-refractivity contribution in [3.63, 3.8) is 0 Å². The summed E-state index contributed by atoms with van der Waals surface area (Å²) in [6.07, 6.45) is 0. The fourth-order valence-corrected chi connectivity index (χ4v) is 1.30. The molecule has 0 aliphatic heterocycles. The zero-order valence-electron chi connectivity index (χ0n) is 6.33. The van der Waals surface area contributed by atoms with E-state index < -0.39 is 12.9 Å². The lowest BCUT2D eigenvalue weighted by Crippen LogP contribution is -2.32. The van der Waals surface area contributed by atoms with Crippen molar-refractivity contribution in [2.45, 2.75) is 0 Å². The first-order valence-electron chi connectivity index (χ1n) is 3.31. The lowest BCUT2D eigenvalue weighted by atomic mass is 9.79. The van der Waals surface area contributed by atoms with Crippen molar-refractivity contribution in [2.24, 2.45) is 0 Å². The molecule has 0 unspecified atom stereocenters. The molecule has 1 rings (SSSR count). The first-order valence-corrected chi connectivity index (χ1v) is 4.10. The Hall–Kier alpha value is -0.895. The van der Waals surface area contributed by atoms with Gasteiger partial charge in [0, 0.05) is 9.94 Å². The van der Waals surface area contributed by atoms with Crippen molar-refractivity contribution in [1.29, 1.82) is 5.26 Å². The molecule has 0 spiro atoms. The van der Waals surface area contributed by atoms with Gasteiger partial charge in [-0.15, -0.1) is 0 Å². The number of benzene rings is 1. The zero-order valence-corrected chi connectivity index (χ0v) is 7.92. The molecule has 0 heterocycles. The molecule has 0 aliphatic rings. The first-order chi connectivity index (χ1) is 6.06. The predicted octanol–water partition coefficient (Wildman–Crippen LogP) is 0.140. The van der Waals surface area contributed by atoms with Crippen LogP contribution in [0.3, 0.4) is 0 Å². The molecular formula is C7H4BBrFNO2. The second-order valence-corrected chi connectivity index (χ2v) is 3.19. The van der Waals surface area contributed by atoms with Gasteiger partial charge in [0.25, 0.3) is 0 Å². The van der Waals surface area contributed by atoms with Gasteiger partial charge in [0.2, 0.25) is 0 Å². The minimum absolute atomic E-state index is 0.113. The summed E-state index contributed by atoms with van der Waals surface area (Å²) in [5, 5.41) is 25.9. The zero-order chi connectivity index (χ0) is 10.0. The molecule has 2 N–H and O–H groups in total. The van der Waals surface area contributed by atoms with Crippen molar-refractivity contribution in [3.8, 4) is 6.07 Å². The van der Waals surface area contributed by atoms with Crippen molar-refractivity contribution >= 4 is 28.5 Å². The molecule has 13 heavy (non-hydrogen) atoms. The molecule has 0 saturated heterocycles. The Morgan fingerprint density at radius 2 is 2.08 bits per heavy atom. The number of nitrogens with zero attached hydrogens (tertiary/aromatic N) is 1. The molecular weight excluding hydrogens is 240 g/mol. The van der Waals surface area contributed by atoms with Crippen LogP contribution in [0.1, 0.15) is 5.56 Å². The summed E-state index contributed by atoms with van der Waals surface area (Å²) in [7, 11) is -1.87. The summed E-state index contributed by atoms with van der Waals surface area (Å²) in [5.74, 6) is -0.810. The van der Waals surface area contributed by atoms with Crippen LogP contribution in [0.25, 0.3) is 0 Å². The molecule has 0 bridgehead atoms. The third-order valence-electron chi connectivity index (χ3n) is 1.48. The molecule has 0 atom stereocenters. The van der Waals surface area contributed by atoms with E-state index in [9.17, 15) is 4.39 Å². The van der Waals surface area contributed by atoms with Crippen LogP contribution in [0.2, 0.25) is 0 Å². The monoisotopic (exact) mass is 243 g/mol. The second-order valence-electron chi connectivity index (χ2n) is 2.34. The highest BCUT2D eigenvalue weighted by Gasteiger charge is 2.18. The van der Waals surface area contributed by atoms with Crippen LogP contribution in [0.4, 0.5) is 4.39 Å². The number of halogens is 2. The number of rotatable bonds is 1. The normalized spacial score (nSPS) is 9.46. The lowest BCUT2D eigenvalue weighted by Gasteiger charge is -2.03. The van der Waals surface area contributed by atoms with Gasteiger partial charge in [0.15, 0.2) is 0 Å². The summed E-state index contributed by atoms with van der Waals surface area (Å²) in [5.41, 5.74) is -0.146. The second kappa shape index (κ2) is 3.88. The topological polar surface area (TPSA) is 64.2 Å². The van der Waals surface area contributed by atoms with E-state index in [0.717, 1.165) is 6.07 Å². The summed E-state index contributed by atoms with van der Waals surface area (Å²) in [4.78, 5) is 0. The van der Waals surface area contributed by atoms with Crippen molar-refractivity contribution in [1.82, 2.24) is 0 Å². The van der Waals surface area contributed by atoms with E-state index in [2.05, 4.69) is 15.9 Å². The number of hydrogen-bond donors (Lipinski definition) is 2. The van der Waals surface area contributed by atoms with Crippen LogP contribution in [0.15, 0.2) is 16.6 Å². The van der Waals surface area contributed by atoms with Crippen LogP contribution < -0.4 is 5.46 Å². The number of hydrogen-bond acceptors (Lipinski definition) is 3. The maximum atomic E-state index is 13.0. The van der Waals surface area contributed by atoms with Gasteiger partial charge < -0.3 is 10.0 Å². The molecule has 1 aromatic carbocycles. The van der Waals surface area contributed by atoms with Gasteiger partial charge >= 0.3 is 7.12 Å². The van der Waals surface area contributed by atoms with E-state index in [4.69, 9.17) is 15.3 Å². The standard InChI is InChI=1S/C7H4BBrFNO2/c9-6-2-5(8(12)13)7(10)1-4(6)3-11/h1-2,12-13H. The van der Waals surface area contributed by atoms with E-state index in [0.29, 0.717) is 4.47 Å². The van der Waals surface area contributed by atoms with Gasteiger partial charge in [-0.3, -0.25) is 0 Å². The molecule has 0 saturated carbocycles. The molecule has 0 amide bonds. The van der Waals surface area contributed by atoms with Gasteiger partial charge in [-0.25, -0.2) is 4.39 Å². The largest absolute Gasteiger partial charge is 0.491 e. The predicted molar refractivity (Wildman–Crippen MR) is 48.6 cm³/mol. The van der Waals surface area contributed by atoms with Gasteiger partial charge in [-0.1, -0.05) is 0 Å². The average molecular weight is 244 g/mol. The van der Waals surface area contributed by atoms with Crippen molar-refractivity contribution in [3.05, 3.63) is 28.0 Å². The molecule has 0 fully saturated rings. The Kier molecular flexibility index (Phi) is 3.04. The van der Waals surface area contributed by atoms with Crippen LogP contribution in [-0.2, 0) is 0 Å². The molecule has 1 aromatic rings. The molecule has 0 aromatic heterocycles. The van der Waals surface area contributed by atoms with Gasteiger partial charge in [-0.05, 0) is 28.1 Å². The minimum atomic E-state index is -1.87. The van der Waals surface area contributed by atoms with E-state index >= 15 is 0 Å². The van der Waals surface area contributed by atoms with Crippen LogP contribution in [-0.4, -0.2) is 17.2 Å². The molecule has 0 radical (unpaired) electrons. The Labute approximate surface area is 82.7 Å². The highest BCUT2D eigenvalue weighted by molar-refractivity contribution is 9.10. The van der Waals surface area contributed by atoms with Gasteiger partial charge in [0.05, 0.1) is 5.56 Å². The summed E-state index contributed by atoms with van der Waals surface area (Å²) in [6, 6.07) is 3.86. The molecule has 66 valence electrons. The Bertz CT molecular complexity index is 377. The number of nitriles is 1. The molecule has 0 aliphatic carbocycles. The summed E-state index contributed by atoms with van der Waals surface area (Å²) < 4.78 is 13.3. The summed E-state index contributed by atoms with van der Waals surface area (Å²) >= 11 is 3.00. The van der Waals surface area contributed by atoms with Crippen LogP contribution in [0.5, 0.6) is 0 Å². The minimum Gasteiger partial charge on any atom is -0.423 e. The highest BCUT2D eigenvalue weighted by atomic mass is 79.9. The smallest absolute Gasteiger partial charge is 0.423 e. The fraction of sp³-hybridized carbons (Fsp3) is 0. The Morgan fingerprint density at radius 3 is 2.54 bits per heavy atom. The Morgan fingerprint density at radius 1 is 1.46 bits per heavy atom. The van der Waals surface area contributed by atoms with Crippen LogP contribution >= 0.6 is 15.9 Å². The van der Waals surface area contributed by atoms with E-state index in [1.165, 1.54) is 6.07 Å². The molecule has 6 heteroatoms. The first kappa shape index (κ1) is 10.2. The Balaban J connectivity index is 3.31. The maximum Gasteiger partial charge on any atom is 0.491 e. The SMILES string of the molecule is N#Cc1cc(F)c(B(O)O)cc1Br. The quantitative estimate of drug-likeness (QED) is 0.690. The average Bonchev–Trinajstić information content (AvgIpc) is 2.07. The maximum absolute atomic E-state index is 13.0. The van der Waals surface area contributed by atoms with Crippen molar-refractivity contribution in [2.75, 3.05) is 0 Å². The lowest BCUT2D eigenvalue weighted by molar-refractivity contribution is 0.423. The van der Waals surface area contributed by atoms with Crippen LogP contribution in [0, 0.1) is 17.1 Å². The van der Waals surface area contributed by atoms with Gasteiger partial charge in [0.1, 0.15) is 11.9 Å². The van der Waals surface area contributed by atoms with Crippen molar-refractivity contribution < 1.29 is 14.4 Å².